The van der Waals surface area contributed by atoms with Gasteiger partial charge in [0.1, 0.15) is 5.75 Å². The topological polar surface area (TPSA) is 66.9 Å². The van der Waals surface area contributed by atoms with E-state index in [0.717, 1.165) is 17.0 Å². The molecule has 1 aliphatic heterocycles. The minimum Gasteiger partial charge on any atom is -0.495 e. The maximum atomic E-state index is 13.1. The number of rotatable bonds is 6. The third kappa shape index (κ3) is 4.78. The second kappa shape index (κ2) is 9.44. The van der Waals surface area contributed by atoms with E-state index >= 15 is 0 Å². The van der Waals surface area contributed by atoms with Gasteiger partial charge in [0.25, 0.3) is 5.91 Å². The van der Waals surface area contributed by atoms with E-state index in [4.69, 9.17) is 4.74 Å². The van der Waals surface area contributed by atoms with Gasteiger partial charge >= 0.3 is 0 Å². The molecule has 0 N–H and O–H groups in total. The smallest absolute Gasteiger partial charge is 0.254 e. The number of nitrogens with zero attached hydrogens (tertiary/aromatic N) is 2. The number of piperazine rings is 1. The molecule has 0 saturated carbocycles. The fourth-order valence-corrected chi connectivity index (χ4v) is 5.31. The minimum atomic E-state index is -3.55. The lowest BCUT2D eigenvalue weighted by molar-refractivity contribution is 0.0746. The molecule has 0 unspecified atom stereocenters. The second-order valence-corrected chi connectivity index (χ2v) is 9.71. The highest BCUT2D eigenvalue weighted by molar-refractivity contribution is 7.90. The van der Waals surface area contributed by atoms with E-state index in [9.17, 15) is 13.2 Å². The van der Waals surface area contributed by atoms with Crippen LogP contribution in [0.1, 0.15) is 15.9 Å². The molecule has 4 rings (SSSR count). The zero-order valence-corrected chi connectivity index (χ0v) is 18.8. The van der Waals surface area contributed by atoms with Gasteiger partial charge in [-0.25, -0.2) is 8.42 Å². The standard InChI is InChI=1S/C25H26N2O4S/c1-31-24-13-6-5-12-23(24)26-14-16-27(17-15-26)25(28)21-10-7-11-22(18-21)32(29,30)19-20-8-3-2-4-9-20/h2-13,18H,14-17,19H2,1H3. The quantitative estimate of drug-likeness (QED) is 0.574. The van der Waals surface area contributed by atoms with E-state index < -0.39 is 9.84 Å². The second-order valence-electron chi connectivity index (χ2n) is 7.72. The van der Waals surface area contributed by atoms with Crippen molar-refractivity contribution in [2.24, 2.45) is 0 Å². The first-order valence-electron chi connectivity index (χ1n) is 10.5. The lowest BCUT2D eigenvalue weighted by Crippen LogP contribution is -2.48. The number of para-hydroxylation sites is 2. The van der Waals surface area contributed by atoms with Gasteiger partial charge in [-0.05, 0) is 35.9 Å². The first-order valence-corrected chi connectivity index (χ1v) is 12.2. The monoisotopic (exact) mass is 450 g/mol. The summed E-state index contributed by atoms with van der Waals surface area (Å²) in [4.78, 5) is 17.2. The van der Waals surface area contributed by atoms with Crippen LogP contribution in [0.4, 0.5) is 5.69 Å². The molecule has 1 fully saturated rings. The highest BCUT2D eigenvalue weighted by Crippen LogP contribution is 2.28. The molecule has 0 atom stereocenters. The number of hydrogen-bond acceptors (Lipinski definition) is 5. The van der Waals surface area contributed by atoms with Gasteiger partial charge in [0.15, 0.2) is 9.84 Å². The van der Waals surface area contributed by atoms with E-state index in [2.05, 4.69) is 4.90 Å². The minimum absolute atomic E-state index is 0.0942. The van der Waals surface area contributed by atoms with Crippen molar-refractivity contribution in [1.29, 1.82) is 0 Å². The van der Waals surface area contributed by atoms with Crippen molar-refractivity contribution in [3.8, 4) is 5.75 Å². The Balaban J connectivity index is 1.45. The molecule has 166 valence electrons. The number of ether oxygens (including phenoxy) is 1. The predicted molar refractivity (Wildman–Crippen MR) is 125 cm³/mol. The van der Waals surface area contributed by atoms with E-state index in [1.807, 2.05) is 42.5 Å². The summed E-state index contributed by atoms with van der Waals surface area (Å²) in [6.45, 7) is 2.46. The van der Waals surface area contributed by atoms with Gasteiger partial charge in [0.05, 0.1) is 23.4 Å². The van der Waals surface area contributed by atoms with Crippen LogP contribution in [0.15, 0.2) is 83.8 Å². The van der Waals surface area contributed by atoms with Crippen LogP contribution in [0.25, 0.3) is 0 Å². The lowest BCUT2D eigenvalue weighted by Gasteiger charge is -2.36. The van der Waals surface area contributed by atoms with Crippen LogP contribution in [0.2, 0.25) is 0 Å². The molecule has 1 aliphatic rings. The Morgan fingerprint density at radius 3 is 2.28 bits per heavy atom. The molecule has 1 amide bonds. The molecule has 6 nitrogen and oxygen atoms in total. The van der Waals surface area contributed by atoms with Crippen molar-refractivity contribution >= 4 is 21.4 Å². The Morgan fingerprint density at radius 2 is 1.56 bits per heavy atom. The summed E-state index contributed by atoms with van der Waals surface area (Å²) < 4.78 is 31.2. The molecule has 1 heterocycles. The first kappa shape index (κ1) is 21.9. The number of amides is 1. The lowest BCUT2D eigenvalue weighted by atomic mass is 10.1. The van der Waals surface area contributed by atoms with Crippen molar-refractivity contribution in [3.63, 3.8) is 0 Å². The van der Waals surface area contributed by atoms with Gasteiger partial charge in [0.2, 0.25) is 0 Å². The van der Waals surface area contributed by atoms with Crippen LogP contribution in [0.3, 0.4) is 0 Å². The summed E-state index contributed by atoms with van der Waals surface area (Å²) >= 11 is 0. The SMILES string of the molecule is COc1ccccc1N1CCN(C(=O)c2cccc(S(=O)(=O)Cc3ccccc3)c2)CC1. The molecular weight excluding hydrogens is 424 g/mol. The molecule has 0 bridgehead atoms. The van der Waals surface area contributed by atoms with Gasteiger partial charge in [-0.2, -0.15) is 0 Å². The fraction of sp³-hybridized carbons (Fsp3) is 0.240. The van der Waals surface area contributed by atoms with Crippen molar-refractivity contribution < 1.29 is 17.9 Å². The number of benzene rings is 3. The van der Waals surface area contributed by atoms with Gasteiger partial charge in [-0.15, -0.1) is 0 Å². The third-order valence-electron chi connectivity index (χ3n) is 5.63. The summed E-state index contributed by atoms with van der Waals surface area (Å²) in [5.41, 5.74) is 2.12. The molecule has 7 heteroatoms. The fourth-order valence-electron chi connectivity index (χ4n) is 3.92. The maximum absolute atomic E-state index is 13.1. The molecule has 3 aromatic carbocycles. The summed E-state index contributed by atoms with van der Waals surface area (Å²) in [6.07, 6.45) is 0. The normalized spacial score (nSPS) is 14.3. The van der Waals surface area contributed by atoms with Gasteiger partial charge < -0.3 is 14.5 Å². The van der Waals surface area contributed by atoms with E-state index in [-0.39, 0.29) is 16.6 Å². The predicted octanol–water partition coefficient (Wildman–Crippen LogP) is 3.63. The van der Waals surface area contributed by atoms with E-state index in [1.54, 1.807) is 42.3 Å². The van der Waals surface area contributed by atoms with Crippen molar-refractivity contribution in [2.75, 3.05) is 38.2 Å². The molecule has 3 aromatic rings. The molecule has 0 aliphatic carbocycles. The number of hydrogen-bond donors (Lipinski definition) is 0. The van der Waals surface area contributed by atoms with Crippen LogP contribution in [0.5, 0.6) is 5.75 Å². The molecule has 1 saturated heterocycles. The molecule has 0 radical (unpaired) electrons. The van der Waals surface area contributed by atoms with Crippen molar-refractivity contribution in [1.82, 2.24) is 4.90 Å². The van der Waals surface area contributed by atoms with E-state index in [1.165, 1.54) is 6.07 Å². The number of carbonyl (C=O) groups excluding carboxylic acids is 1. The summed E-state index contributed by atoms with van der Waals surface area (Å²) in [6, 6.07) is 23.2. The average molecular weight is 451 g/mol. The maximum Gasteiger partial charge on any atom is 0.254 e. The Morgan fingerprint density at radius 1 is 0.875 bits per heavy atom. The molecular formula is C25H26N2O4S. The number of sulfone groups is 1. The highest BCUT2D eigenvalue weighted by atomic mass is 32.2. The Hall–Kier alpha value is -3.32. The van der Waals surface area contributed by atoms with Crippen LogP contribution >= 0.6 is 0 Å². The van der Waals surface area contributed by atoms with Crippen molar-refractivity contribution in [2.45, 2.75) is 10.6 Å². The number of carbonyl (C=O) groups is 1. The van der Waals surface area contributed by atoms with Crippen molar-refractivity contribution in [3.05, 3.63) is 90.0 Å². The summed E-state index contributed by atoms with van der Waals surface area (Å²) in [5.74, 6) is 0.563. The highest BCUT2D eigenvalue weighted by Gasteiger charge is 2.25. The van der Waals surface area contributed by atoms with Gasteiger partial charge in [0, 0.05) is 31.7 Å². The number of methoxy groups -OCH3 is 1. The van der Waals surface area contributed by atoms with Crippen LogP contribution in [-0.2, 0) is 15.6 Å². The number of anilines is 1. The summed E-state index contributed by atoms with van der Waals surface area (Å²) in [7, 11) is -1.90. The van der Waals surface area contributed by atoms with Crippen LogP contribution in [-0.4, -0.2) is 52.5 Å². The summed E-state index contributed by atoms with van der Waals surface area (Å²) in [5, 5.41) is 0. The molecule has 32 heavy (non-hydrogen) atoms. The average Bonchev–Trinajstić information content (AvgIpc) is 2.84. The Bertz CT molecular complexity index is 1190. The third-order valence-corrected chi connectivity index (χ3v) is 7.32. The Labute approximate surface area is 189 Å². The Kier molecular flexibility index (Phi) is 6.46. The van der Waals surface area contributed by atoms with Crippen LogP contribution in [0, 0.1) is 0 Å². The zero-order chi connectivity index (χ0) is 22.6. The largest absolute Gasteiger partial charge is 0.495 e. The van der Waals surface area contributed by atoms with Gasteiger partial charge in [-0.1, -0.05) is 48.5 Å². The van der Waals surface area contributed by atoms with E-state index in [0.29, 0.717) is 31.7 Å². The first-order chi connectivity index (χ1) is 15.5. The van der Waals surface area contributed by atoms with Crippen LogP contribution < -0.4 is 9.64 Å². The van der Waals surface area contributed by atoms with Gasteiger partial charge in [-0.3, -0.25) is 4.79 Å². The molecule has 0 aromatic heterocycles. The zero-order valence-electron chi connectivity index (χ0n) is 18.0. The molecule has 0 spiro atoms.